The molecule has 1 atom stereocenters. The molecule has 0 bridgehead atoms. The molecule has 6 nitrogen and oxygen atoms in total. The predicted molar refractivity (Wildman–Crippen MR) is 82.4 cm³/mol. The van der Waals surface area contributed by atoms with E-state index in [2.05, 4.69) is 9.36 Å². The fourth-order valence-corrected chi connectivity index (χ4v) is 3.39. The number of nitrogens with two attached hydrogens (primary N) is 1. The van der Waals surface area contributed by atoms with E-state index in [4.69, 9.17) is 21.5 Å². The SMILES string of the molecule is CCOC(C)=C1C=CC=C(c2nsc(S(N)(=O)=O)n2)C1Cl. The van der Waals surface area contributed by atoms with Crippen molar-refractivity contribution in [1.82, 2.24) is 9.36 Å². The normalized spacial score (nSPS) is 21.1. The average Bonchev–Trinajstić information content (AvgIpc) is 2.88. The molecule has 1 aromatic rings. The summed E-state index contributed by atoms with van der Waals surface area (Å²) in [6.45, 7) is 4.25. The van der Waals surface area contributed by atoms with E-state index in [-0.39, 0.29) is 10.2 Å². The second kappa shape index (κ2) is 6.27. The summed E-state index contributed by atoms with van der Waals surface area (Å²) in [5.41, 5.74) is 1.40. The third-order valence-corrected chi connectivity index (χ3v) is 5.25. The van der Waals surface area contributed by atoms with Crippen molar-refractivity contribution in [2.24, 2.45) is 5.14 Å². The van der Waals surface area contributed by atoms with Crippen molar-refractivity contribution in [3.8, 4) is 0 Å². The first-order valence-corrected chi connectivity index (χ1v) is 8.83. The number of aromatic nitrogens is 2. The average molecular weight is 348 g/mol. The lowest BCUT2D eigenvalue weighted by atomic mass is 9.98. The van der Waals surface area contributed by atoms with Crippen LogP contribution in [0.5, 0.6) is 0 Å². The van der Waals surface area contributed by atoms with Crippen molar-refractivity contribution in [3.63, 3.8) is 0 Å². The van der Waals surface area contributed by atoms with Gasteiger partial charge in [0.05, 0.1) is 17.7 Å². The number of primary sulfonamides is 1. The highest BCUT2D eigenvalue weighted by molar-refractivity contribution is 7.91. The molecule has 9 heteroatoms. The van der Waals surface area contributed by atoms with Gasteiger partial charge in [-0.1, -0.05) is 18.2 Å². The van der Waals surface area contributed by atoms with Gasteiger partial charge in [-0.2, -0.15) is 4.37 Å². The summed E-state index contributed by atoms with van der Waals surface area (Å²) in [4.78, 5) is 3.94. The molecule has 1 heterocycles. The van der Waals surface area contributed by atoms with E-state index in [0.717, 1.165) is 17.1 Å². The van der Waals surface area contributed by atoms with Crippen LogP contribution in [0.25, 0.3) is 5.57 Å². The Bertz CT molecular complexity index is 735. The van der Waals surface area contributed by atoms with Crippen LogP contribution in [-0.4, -0.2) is 29.8 Å². The van der Waals surface area contributed by atoms with Gasteiger partial charge in [0.25, 0.3) is 10.0 Å². The van der Waals surface area contributed by atoms with Crippen molar-refractivity contribution >= 4 is 38.7 Å². The second-order valence-corrected chi connectivity index (χ2v) is 7.14. The van der Waals surface area contributed by atoms with Crippen molar-refractivity contribution in [1.29, 1.82) is 0 Å². The Labute approximate surface area is 132 Å². The highest BCUT2D eigenvalue weighted by atomic mass is 35.5. The van der Waals surface area contributed by atoms with Crippen molar-refractivity contribution < 1.29 is 13.2 Å². The number of hydrogen-bond acceptors (Lipinski definition) is 6. The topological polar surface area (TPSA) is 95.2 Å². The van der Waals surface area contributed by atoms with Crippen LogP contribution in [0.2, 0.25) is 0 Å². The molecule has 21 heavy (non-hydrogen) atoms. The minimum absolute atomic E-state index is 0.233. The first kappa shape index (κ1) is 16.2. The van der Waals surface area contributed by atoms with Crippen LogP contribution in [0, 0.1) is 0 Å². The van der Waals surface area contributed by atoms with Crippen LogP contribution in [0.3, 0.4) is 0 Å². The zero-order chi connectivity index (χ0) is 15.6. The molecule has 0 amide bonds. The summed E-state index contributed by atoms with van der Waals surface area (Å²) in [6, 6.07) is 0. The highest BCUT2D eigenvalue weighted by Gasteiger charge is 2.26. The van der Waals surface area contributed by atoms with Gasteiger partial charge in [-0.15, -0.1) is 11.6 Å². The zero-order valence-electron chi connectivity index (χ0n) is 11.4. The minimum atomic E-state index is -3.86. The van der Waals surface area contributed by atoms with Crippen LogP contribution in [0.1, 0.15) is 19.7 Å². The Kier molecular flexibility index (Phi) is 4.82. The van der Waals surface area contributed by atoms with Crippen molar-refractivity contribution in [2.75, 3.05) is 6.61 Å². The quantitative estimate of drug-likeness (QED) is 0.664. The number of hydrogen-bond donors (Lipinski definition) is 1. The molecule has 1 aliphatic carbocycles. The lowest BCUT2D eigenvalue weighted by Gasteiger charge is -2.19. The second-order valence-electron chi connectivity index (χ2n) is 4.22. The first-order chi connectivity index (χ1) is 9.84. The molecule has 1 unspecified atom stereocenters. The Balaban J connectivity index is 2.37. The fourth-order valence-electron chi connectivity index (χ4n) is 1.82. The summed E-state index contributed by atoms with van der Waals surface area (Å²) in [5, 5.41) is 4.52. The van der Waals surface area contributed by atoms with Crippen LogP contribution in [0.15, 0.2) is 33.9 Å². The molecule has 0 saturated heterocycles. The number of allylic oxidation sites excluding steroid dienone is 6. The Morgan fingerprint density at radius 3 is 2.86 bits per heavy atom. The van der Waals surface area contributed by atoms with Gasteiger partial charge in [0.15, 0.2) is 5.82 Å². The summed E-state index contributed by atoms with van der Waals surface area (Å²) in [5.74, 6) is 0.969. The van der Waals surface area contributed by atoms with Gasteiger partial charge >= 0.3 is 0 Å². The van der Waals surface area contributed by atoms with Crippen LogP contribution in [0.4, 0.5) is 0 Å². The number of sulfonamides is 1. The number of alkyl halides is 1. The summed E-state index contributed by atoms with van der Waals surface area (Å²) in [7, 11) is -3.86. The molecule has 0 aliphatic heterocycles. The van der Waals surface area contributed by atoms with Gasteiger partial charge in [0, 0.05) is 11.1 Å². The molecule has 2 rings (SSSR count). The van der Waals surface area contributed by atoms with E-state index >= 15 is 0 Å². The maximum absolute atomic E-state index is 11.3. The molecule has 114 valence electrons. The highest BCUT2D eigenvalue weighted by Crippen LogP contribution is 2.33. The van der Waals surface area contributed by atoms with Gasteiger partial charge in [-0.05, 0) is 25.4 Å². The largest absolute Gasteiger partial charge is 0.498 e. The summed E-state index contributed by atoms with van der Waals surface area (Å²) in [6.07, 6.45) is 5.39. The monoisotopic (exact) mass is 347 g/mol. The van der Waals surface area contributed by atoms with Crippen molar-refractivity contribution in [2.45, 2.75) is 23.6 Å². The Hall–Kier alpha value is -1.22. The Morgan fingerprint density at radius 1 is 1.57 bits per heavy atom. The third-order valence-electron chi connectivity index (χ3n) is 2.77. The van der Waals surface area contributed by atoms with Crippen molar-refractivity contribution in [3.05, 3.63) is 35.4 Å². The van der Waals surface area contributed by atoms with E-state index in [9.17, 15) is 8.42 Å². The van der Waals surface area contributed by atoms with E-state index in [1.54, 1.807) is 12.2 Å². The van der Waals surface area contributed by atoms with E-state index in [0.29, 0.717) is 17.9 Å². The molecule has 2 N–H and O–H groups in total. The number of nitrogens with zero attached hydrogens (tertiary/aromatic N) is 2. The molecule has 0 aromatic carbocycles. The molecular formula is C12H14ClN3O3S2. The predicted octanol–water partition coefficient (Wildman–Crippen LogP) is 2.06. The molecule has 0 fully saturated rings. The third kappa shape index (κ3) is 3.52. The number of ether oxygens (including phenoxy) is 1. The lowest BCUT2D eigenvalue weighted by molar-refractivity contribution is 0.228. The smallest absolute Gasteiger partial charge is 0.266 e. The van der Waals surface area contributed by atoms with Gasteiger partial charge in [0.1, 0.15) is 0 Å². The molecule has 1 aromatic heterocycles. The lowest BCUT2D eigenvalue weighted by Crippen LogP contribution is -2.13. The van der Waals surface area contributed by atoms with E-state index < -0.39 is 15.4 Å². The fraction of sp³-hybridized carbons (Fsp3) is 0.333. The molecule has 0 radical (unpaired) electrons. The van der Waals surface area contributed by atoms with Gasteiger partial charge in [0.2, 0.25) is 4.34 Å². The molecule has 0 spiro atoms. The zero-order valence-corrected chi connectivity index (χ0v) is 13.8. The molecule has 0 saturated carbocycles. The minimum Gasteiger partial charge on any atom is -0.498 e. The van der Waals surface area contributed by atoms with Gasteiger partial charge < -0.3 is 4.74 Å². The maximum atomic E-state index is 11.3. The van der Waals surface area contributed by atoms with E-state index in [1.807, 2.05) is 19.9 Å². The first-order valence-electron chi connectivity index (χ1n) is 6.07. The van der Waals surface area contributed by atoms with Crippen LogP contribution in [-0.2, 0) is 14.8 Å². The number of rotatable bonds is 4. The standard InChI is InChI=1S/C12H14ClN3O3S2/c1-3-19-7(2)8-5-4-6-9(10(8)13)11-15-12(20-16-11)21(14,17)18/h4-6,10H,3H2,1-2H3,(H2,14,17,18). The van der Waals surface area contributed by atoms with Gasteiger partial charge in [-0.25, -0.2) is 18.5 Å². The van der Waals surface area contributed by atoms with E-state index in [1.165, 1.54) is 0 Å². The van der Waals surface area contributed by atoms with Crippen LogP contribution < -0.4 is 5.14 Å². The van der Waals surface area contributed by atoms with Crippen LogP contribution >= 0.6 is 23.1 Å². The van der Waals surface area contributed by atoms with Gasteiger partial charge in [-0.3, -0.25) is 0 Å². The number of halogens is 1. The maximum Gasteiger partial charge on any atom is 0.266 e. The summed E-state index contributed by atoms with van der Waals surface area (Å²) < 4.78 is 31.8. The summed E-state index contributed by atoms with van der Waals surface area (Å²) >= 11 is 7.15. The Morgan fingerprint density at radius 2 is 2.29 bits per heavy atom. The molecular weight excluding hydrogens is 334 g/mol. The molecule has 1 aliphatic rings.